The molecule has 1 fully saturated rings. The molecule has 3 nitrogen and oxygen atoms in total. The van der Waals surface area contributed by atoms with Crippen molar-refractivity contribution < 1.29 is 4.39 Å². The van der Waals surface area contributed by atoms with Crippen LogP contribution in [0.3, 0.4) is 0 Å². The van der Waals surface area contributed by atoms with E-state index in [0.717, 1.165) is 31.7 Å². The first kappa shape index (κ1) is 10.00. The largest absolute Gasteiger partial charge is 0.355 e. The van der Waals surface area contributed by atoms with Crippen molar-refractivity contribution in [1.82, 2.24) is 9.97 Å². The summed E-state index contributed by atoms with van der Waals surface area (Å²) in [5.74, 6) is 1.28. The molecule has 0 saturated carbocycles. The van der Waals surface area contributed by atoms with Crippen LogP contribution in [-0.4, -0.2) is 29.7 Å². The van der Waals surface area contributed by atoms with Gasteiger partial charge in [0.25, 0.3) is 0 Å². The molecule has 0 atom stereocenters. The molecule has 0 bridgehead atoms. The third-order valence-corrected chi connectivity index (χ3v) is 3.58. The Balaban J connectivity index is 1.85. The Hall–Kier alpha value is -1.19. The van der Waals surface area contributed by atoms with E-state index in [2.05, 4.69) is 14.9 Å². The Morgan fingerprint density at radius 1 is 1.25 bits per heavy atom. The Kier molecular flexibility index (Phi) is 2.50. The first-order chi connectivity index (χ1) is 7.88. The molecular formula is C12H16FN3. The van der Waals surface area contributed by atoms with Crippen molar-refractivity contribution in [1.29, 1.82) is 0 Å². The van der Waals surface area contributed by atoms with Crippen LogP contribution in [0.5, 0.6) is 0 Å². The van der Waals surface area contributed by atoms with Gasteiger partial charge in [-0.25, -0.2) is 9.97 Å². The second-order valence-electron chi connectivity index (χ2n) is 4.75. The smallest absolute Gasteiger partial charge is 0.135 e. The fourth-order valence-electron chi connectivity index (χ4n) is 2.62. The van der Waals surface area contributed by atoms with Crippen LogP contribution in [0.2, 0.25) is 0 Å². The summed E-state index contributed by atoms with van der Waals surface area (Å²) >= 11 is 0. The van der Waals surface area contributed by atoms with Crippen molar-refractivity contribution in [2.24, 2.45) is 5.92 Å². The van der Waals surface area contributed by atoms with Gasteiger partial charge in [0.15, 0.2) is 0 Å². The average Bonchev–Trinajstić information content (AvgIpc) is 2.28. The molecule has 4 heteroatoms. The van der Waals surface area contributed by atoms with E-state index < -0.39 is 0 Å². The standard InChI is InChI=1S/C12H16FN3/c13-5-9-6-16(7-9)12-10-3-1-2-4-11(10)14-8-15-12/h8-9H,1-7H2. The summed E-state index contributed by atoms with van der Waals surface area (Å²) in [6.07, 6.45) is 6.28. The topological polar surface area (TPSA) is 29.0 Å². The summed E-state index contributed by atoms with van der Waals surface area (Å²) in [6, 6.07) is 0. The van der Waals surface area contributed by atoms with Crippen LogP contribution >= 0.6 is 0 Å². The highest BCUT2D eigenvalue weighted by atomic mass is 19.1. The average molecular weight is 221 g/mol. The Morgan fingerprint density at radius 3 is 2.88 bits per heavy atom. The normalized spacial score (nSPS) is 20.4. The first-order valence-corrected chi connectivity index (χ1v) is 6.02. The maximum Gasteiger partial charge on any atom is 0.135 e. The summed E-state index contributed by atoms with van der Waals surface area (Å²) in [7, 11) is 0. The van der Waals surface area contributed by atoms with Gasteiger partial charge in [0.2, 0.25) is 0 Å². The molecular weight excluding hydrogens is 205 g/mol. The molecule has 0 unspecified atom stereocenters. The second kappa shape index (κ2) is 4.00. The summed E-state index contributed by atoms with van der Waals surface area (Å²) in [6.45, 7) is 1.43. The zero-order valence-electron chi connectivity index (χ0n) is 9.32. The molecule has 1 aliphatic heterocycles. The van der Waals surface area contributed by atoms with Gasteiger partial charge in [0.05, 0.1) is 6.67 Å². The van der Waals surface area contributed by atoms with Crippen LogP contribution in [-0.2, 0) is 12.8 Å². The van der Waals surface area contributed by atoms with Gasteiger partial charge in [-0.3, -0.25) is 4.39 Å². The zero-order chi connectivity index (χ0) is 11.0. The molecule has 1 aromatic rings. The van der Waals surface area contributed by atoms with Crippen molar-refractivity contribution in [3.05, 3.63) is 17.6 Å². The van der Waals surface area contributed by atoms with E-state index in [1.165, 1.54) is 24.1 Å². The maximum atomic E-state index is 12.4. The van der Waals surface area contributed by atoms with E-state index in [1.807, 2.05) is 0 Å². The molecule has 1 saturated heterocycles. The number of hydrogen-bond acceptors (Lipinski definition) is 3. The van der Waals surface area contributed by atoms with E-state index in [-0.39, 0.29) is 12.6 Å². The molecule has 2 heterocycles. The number of rotatable bonds is 2. The molecule has 0 radical (unpaired) electrons. The summed E-state index contributed by atoms with van der Waals surface area (Å²) in [4.78, 5) is 10.9. The van der Waals surface area contributed by atoms with Crippen LogP contribution in [0.1, 0.15) is 24.1 Å². The van der Waals surface area contributed by atoms with Gasteiger partial charge in [0, 0.05) is 30.3 Å². The third-order valence-electron chi connectivity index (χ3n) is 3.58. The van der Waals surface area contributed by atoms with Crippen molar-refractivity contribution in [3.8, 4) is 0 Å². The number of alkyl halides is 1. The SMILES string of the molecule is FCC1CN(c2ncnc3c2CCCC3)C1. The van der Waals surface area contributed by atoms with E-state index in [9.17, 15) is 4.39 Å². The number of hydrogen-bond donors (Lipinski definition) is 0. The van der Waals surface area contributed by atoms with Gasteiger partial charge < -0.3 is 4.90 Å². The van der Waals surface area contributed by atoms with Gasteiger partial charge in [-0.1, -0.05) is 0 Å². The fraction of sp³-hybridized carbons (Fsp3) is 0.667. The predicted octanol–water partition coefficient (Wildman–Crippen LogP) is 1.76. The van der Waals surface area contributed by atoms with Crippen LogP contribution in [0.25, 0.3) is 0 Å². The molecule has 16 heavy (non-hydrogen) atoms. The first-order valence-electron chi connectivity index (χ1n) is 6.02. The highest BCUT2D eigenvalue weighted by molar-refractivity contribution is 5.51. The predicted molar refractivity (Wildman–Crippen MR) is 60.4 cm³/mol. The summed E-state index contributed by atoms with van der Waals surface area (Å²) in [5, 5.41) is 0. The molecule has 86 valence electrons. The quantitative estimate of drug-likeness (QED) is 0.762. The molecule has 0 N–H and O–H groups in total. The number of aromatic nitrogens is 2. The molecule has 0 aromatic carbocycles. The van der Waals surface area contributed by atoms with Crippen molar-refractivity contribution in [2.45, 2.75) is 25.7 Å². The van der Waals surface area contributed by atoms with E-state index in [4.69, 9.17) is 0 Å². The number of fused-ring (bicyclic) bond motifs is 1. The second-order valence-corrected chi connectivity index (χ2v) is 4.75. The highest BCUT2D eigenvalue weighted by Gasteiger charge is 2.30. The Morgan fingerprint density at radius 2 is 2.06 bits per heavy atom. The van der Waals surface area contributed by atoms with Gasteiger partial charge in [-0.15, -0.1) is 0 Å². The van der Waals surface area contributed by atoms with Gasteiger partial charge in [-0.05, 0) is 25.7 Å². The zero-order valence-corrected chi connectivity index (χ0v) is 9.32. The Labute approximate surface area is 94.7 Å². The van der Waals surface area contributed by atoms with Crippen LogP contribution in [0, 0.1) is 5.92 Å². The molecule has 0 spiro atoms. The lowest BCUT2D eigenvalue weighted by molar-refractivity contribution is 0.304. The van der Waals surface area contributed by atoms with E-state index in [0.29, 0.717) is 0 Å². The van der Waals surface area contributed by atoms with Crippen molar-refractivity contribution >= 4 is 5.82 Å². The van der Waals surface area contributed by atoms with Crippen molar-refractivity contribution in [2.75, 3.05) is 24.7 Å². The maximum absolute atomic E-state index is 12.4. The number of nitrogens with zero attached hydrogens (tertiary/aromatic N) is 3. The molecule has 0 amide bonds. The number of anilines is 1. The van der Waals surface area contributed by atoms with Gasteiger partial charge in [-0.2, -0.15) is 0 Å². The lowest BCUT2D eigenvalue weighted by atomic mass is 9.94. The van der Waals surface area contributed by atoms with E-state index in [1.54, 1.807) is 6.33 Å². The summed E-state index contributed by atoms with van der Waals surface area (Å²) in [5.41, 5.74) is 2.52. The third kappa shape index (κ3) is 1.56. The molecule has 1 aromatic heterocycles. The van der Waals surface area contributed by atoms with Crippen molar-refractivity contribution in [3.63, 3.8) is 0 Å². The van der Waals surface area contributed by atoms with Crippen LogP contribution < -0.4 is 4.90 Å². The van der Waals surface area contributed by atoms with Gasteiger partial charge in [0.1, 0.15) is 12.1 Å². The fourth-order valence-corrected chi connectivity index (χ4v) is 2.62. The van der Waals surface area contributed by atoms with Gasteiger partial charge >= 0.3 is 0 Å². The lowest BCUT2D eigenvalue weighted by Crippen LogP contribution is -2.48. The molecule has 2 aliphatic rings. The molecule has 1 aliphatic carbocycles. The monoisotopic (exact) mass is 221 g/mol. The minimum Gasteiger partial charge on any atom is -0.355 e. The van der Waals surface area contributed by atoms with E-state index >= 15 is 0 Å². The number of aryl methyl sites for hydroxylation is 1. The highest BCUT2D eigenvalue weighted by Crippen LogP contribution is 2.31. The number of halogens is 1. The Bertz CT molecular complexity index is 388. The van der Waals surface area contributed by atoms with Crippen LogP contribution in [0.15, 0.2) is 6.33 Å². The lowest BCUT2D eigenvalue weighted by Gasteiger charge is -2.40. The molecule has 3 rings (SSSR count). The van der Waals surface area contributed by atoms with Crippen LogP contribution in [0.4, 0.5) is 10.2 Å². The minimum absolute atomic E-state index is 0.205. The minimum atomic E-state index is -0.205. The summed E-state index contributed by atoms with van der Waals surface area (Å²) < 4.78 is 12.4.